The molecule has 20 heavy (non-hydrogen) atoms. The van der Waals surface area contributed by atoms with E-state index in [1.807, 2.05) is 30.3 Å². The summed E-state index contributed by atoms with van der Waals surface area (Å²) in [5.41, 5.74) is 2.25. The third-order valence-corrected chi connectivity index (χ3v) is 3.52. The Morgan fingerprint density at radius 3 is 2.90 bits per heavy atom. The normalized spacial score (nSPS) is 14.7. The molecular weight excluding hydrogens is 274 g/mol. The van der Waals surface area contributed by atoms with Gasteiger partial charge in [-0.1, -0.05) is 23.7 Å². The zero-order chi connectivity index (χ0) is 13.8. The van der Waals surface area contributed by atoms with E-state index >= 15 is 0 Å². The van der Waals surface area contributed by atoms with Crippen molar-refractivity contribution in [1.82, 2.24) is 5.32 Å². The van der Waals surface area contributed by atoms with Crippen LogP contribution in [0.3, 0.4) is 0 Å². The molecule has 0 bridgehead atoms. The third kappa shape index (κ3) is 4.10. The Kier molecular flexibility index (Phi) is 4.41. The molecule has 1 aromatic heterocycles. The molecule has 1 fully saturated rings. The quantitative estimate of drug-likeness (QED) is 0.840. The van der Waals surface area contributed by atoms with Crippen molar-refractivity contribution < 1.29 is 9.15 Å². The molecule has 3 nitrogen and oxygen atoms in total. The van der Waals surface area contributed by atoms with E-state index in [-0.39, 0.29) is 0 Å². The van der Waals surface area contributed by atoms with Crippen LogP contribution in [-0.2, 0) is 24.5 Å². The van der Waals surface area contributed by atoms with Gasteiger partial charge in [0.25, 0.3) is 0 Å². The fraction of sp³-hybridized carbons (Fsp3) is 0.375. The number of halogens is 1. The van der Waals surface area contributed by atoms with Crippen LogP contribution in [0.2, 0.25) is 5.02 Å². The van der Waals surface area contributed by atoms with E-state index in [4.69, 9.17) is 20.8 Å². The maximum atomic E-state index is 5.93. The van der Waals surface area contributed by atoms with Crippen LogP contribution in [0.5, 0.6) is 0 Å². The summed E-state index contributed by atoms with van der Waals surface area (Å²) in [4.78, 5) is 0. The van der Waals surface area contributed by atoms with E-state index < -0.39 is 0 Å². The largest absolute Gasteiger partial charge is 0.467 e. The van der Waals surface area contributed by atoms with Gasteiger partial charge in [-0.05, 0) is 36.6 Å². The lowest BCUT2D eigenvalue weighted by molar-refractivity contribution is 0.0929. The first-order chi connectivity index (χ1) is 9.79. The van der Waals surface area contributed by atoms with Crippen molar-refractivity contribution in [3.8, 4) is 0 Å². The molecule has 1 heterocycles. The first kappa shape index (κ1) is 13.7. The minimum absolute atomic E-state index is 0.482. The molecule has 2 aromatic rings. The van der Waals surface area contributed by atoms with Gasteiger partial charge in [0.05, 0.1) is 12.9 Å². The lowest BCUT2D eigenvalue weighted by Crippen LogP contribution is -2.14. The molecule has 3 rings (SSSR count). The SMILES string of the molecule is Clc1cccc(COCc2cc(CNC3CC3)co2)c1. The molecule has 4 heteroatoms. The summed E-state index contributed by atoms with van der Waals surface area (Å²) in [5, 5.41) is 4.19. The Morgan fingerprint density at radius 1 is 1.20 bits per heavy atom. The van der Waals surface area contributed by atoms with Crippen molar-refractivity contribution >= 4 is 11.6 Å². The standard InChI is InChI=1S/C16H18ClNO2/c17-14-3-1-2-12(6-14)9-19-11-16-7-13(10-20-16)8-18-15-4-5-15/h1-3,6-7,10,15,18H,4-5,8-9,11H2. The van der Waals surface area contributed by atoms with Gasteiger partial charge in [-0.15, -0.1) is 0 Å². The van der Waals surface area contributed by atoms with Crippen molar-refractivity contribution in [1.29, 1.82) is 0 Å². The molecule has 0 saturated heterocycles. The van der Waals surface area contributed by atoms with E-state index in [0.29, 0.717) is 19.3 Å². The minimum Gasteiger partial charge on any atom is -0.467 e. The van der Waals surface area contributed by atoms with Gasteiger partial charge in [-0.2, -0.15) is 0 Å². The number of furan rings is 1. The Bertz CT molecular complexity index is 563. The van der Waals surface area contributed by atoms with Crippen LogP contribution in [0.25, 0.3) is 0 Å². The molecule has 0 amide bonds. The lowest BCUT2D eigenvalue weighted by atomic mass is 10.2. The van der Waals surface area contributed by atoms with E-state index in [1.165, 1.54) is 18.4 Å². The van der Waals surface area contributed by atoms with Gasteiger partial charge < -0.3 is 14.5 Å². The van der Waals surface area contributed by atoms with E-state index in [2.05, 4.69) is 5.32 Å². The number of nitrogens with one attached hydrogen (secondary N) is 1. The number of rotatable bonds is 7. The first-order valence-corrected chi connectivity index (χ1v) is 7.29. The van der Waals surface area contributed by atoms with Crippen LogP contribution < -0.4 is 5.32 Å². The second kappa shape index (κ2) is 6.44. The highest BCUT2D eigenvalue weighted by Gasteiger charge is 2.20. The van der Waals surface area contributed by atoms with Gasteiger partial charge in [0.1, 0.15) is 12.4 Å². The molecule has 0 atom stereocenters. The predicted octanol–water partition coefficient (Wildman–Crippen LogP) is 3.90. The number of benzene rings is 1. The van der Waals surface area contributed by atoms with Crippen LogP contribution in [0.1, 0.15) is 29.7 Å². The van der Waals surface area contributed by atoms with E-state index in [0.717, 1.165) is 22.9 Å². The Hall–Kier alpha value is -1.29. The molecule has 1 saturated carbocycles. The molecule has 1 aromatic carbocycles. The van der Waals surface area contributed by atoms with Gasteiger partial charge >= 0.3 is 0 Å². The molecule has 1 aliphatic carbocycles. The van der Waals surface area contributed by atoms with Gasteiger partial charge in [0.2, 0.25) is 0 Å². The maximum Gasteiger partial charge on any atom is 0.129 e. The van der Waals surface area contributed by atoms with Gasteiger partial charge in [0, 0.05) is 23.2 Å². The molecule has 1 N–H and O–H groups in total. The Labute approximate surface area is 123 Å². The fourth-order valence-electron chi connectivity index (χ4n) is 2.04. The number of hydrogen-bond donors (Lipinski definition) is 1. The van der Waals surface area contributed by atoms with Crippen LogP contribution in [0.15, 0.2) is 41.0 Å². The zero-order valence-electron chi connectivity index (χ0n) is 11.3. The highest BCUT2D eigenvalue weighted by Crippen LogP contribution is 2.20. The predicted molar refractivity (Wildman–Crippen MR) is 78.5 cm³/mol. The summed E-state index contributed by atoms with van der Waals surface area (Å²) in [6.45, 7) is 1.90. The van der Waals surface area contributed by atoms with Crippen molar-refractivity contribution in [2.45, 2.75) is 38.6 Å². The molecular formula is C16H18ClNO2. The summed E-state index contributed by atoms with van der Waals surface area (Å²) >= 11 is 5.93. The Balaban J connectivity index is 1.43. The summed E-state index contributed by atoms with van der Waals surface area (Å²) in [6.07, 6.45) is 4.40. The van der Waals surface area contributed by atoms with Crippen LogP contribution in [-0.4, -0.2) is 6.04 Å². The maximum absolute atomic E-state index is 5.93. The second-order valence-corrected chi connectivity index (χ2v) is 5.64. The molecule has 0 spiro atoms. The summed E-state index contributed by atoms with van der Waals surface area (Å²) in [7, 11) is 0. The van der Waals surface area contributed by atoms with Crippen LogP contribution in [0, 0.1) is 0 Å². The van der Waals surface area contributed by atoms with E-state index in [1.54, 1.807) is 6.26 Å². The number of hydrogen-bond acceptors (Lipinski definition) is 3. The van der Waals surface area contributed by atoms with Crippen molar-refractivity contribution in [3.05, 3.63) is 58.5 Å². The summed E-state index contributed by atoms with van der Waals surface area (Å²) < 4.78 is 11.1. The molecule has 0 unspecified atom stereocenters. The summed E-state index contributed by atoms with van der Waals surface area (Å²) in [6, 6.07) is 10.5. The molecule has 0 aliphatic heterocycles. The van der Waals surface area contributed by atoms with Gasteiger partial charge in [-0.3, -0.25) is 0 Å². The fourth-order valence-corrected chi connectivity index (χ4v) is 2.25. The first-order valence-electron chi connectivity index (χ1n) is 6.91. The highest BCUT2D eigenvalue weighted by molar-refractivity contribution is 6.30. The Morgan fingerprint density at radius 2 is 2.10 bits per heavy atom. The smallest absolute Gasteiger partial charge is 0.129 e. The van der Waals surface area contributed by atoms with E-state index in [9.17, 15) is 0 Å². The number of ether oxygens (including phenoxy) is 1. The molecule has 0 radical (unpaired) electrons. The second-order valence-electron chi connectivity index (χ2n) is 5.20. The van der Waals surface area contributed by atoms with Gasteiger partial charge in [-0.25, -0.2) is 0 Å². The van der Waals surface area contributed by atoms with Crippen LogP contribution in [0.4, 0.5) is 0 Å². The zero-order valence-corrected chi connectivity index (χ0v) is 12.0. The highest BCUT2D eigenvalue weighted by atomic mass is 35.5. The van der Waals surface area contributed by atoms with Crippen molar-refractivity contribution in [3.63, 3.8) is 0 Å². The minimum atomic E-state index is 0.482. The lowest BCUT2D eigenvalue weighted by Gasteiger charge is -2.02. The average Bonchev–Trinajstić information content (AvgIpc) is 3.16. The monoisotopic (exact) mass is 291 g/mol. The molecule has 1 aliphatic rings. The van der Waals surface area contributed by atoms with Gasteiger partial charge in [0.15, 0.2) is 0 Å². The third-order valence-electron chi connectivity index (χ3n) is 3.28. The summed E-state index contributed by atoms with van der Waals surface area (Å²) in [5.74, 6) is 0.861. The van der Waals surface area contributed by atoms with Crippen LogP contribution >= 0.6 is 11.6 Å². The average molecular weight is 292 g/mol. The van der Waals surface area contributed by atoms with Crippen molar-refractivity contribution in [2.75, 3.05) is 0 Å². The van der Waals surface area contributed by atoms with Crippen molar-refractivity contribution in [2.24, 2.45) is 0 Å². The topological polar surface area (TPSA) is 34.4 Å². The molecule has 106 valence electrons.